The molecule has 0 radical (unpaired) electrons. The maximum absolute atomic E-state index is 12.1. The highest BCUT2D eigenvalue weighted by Gasteiger charge is 2.11. The van der Waals surface area contributed by atoms with Gasteiger partial charge in [-0.1, -0.05) is 12.7 Å². The van der Waals surface area contributed by atoms with Gasteiger partial charge in [0, 0.05) is 5.56 Å². The van der Waals surface area contributed by atoms with Crippen molar-refractivity contribution >= 4 is 34.7 Å². The lowest BCUT2D eigenvalue weighted by Gasteiger charge is -2.12. The van der Waals surface area contributed by atoms with E-state index in [-0.39, 0.29) is 5.91 Å². The molecule has 0 spiro atoms. The minimum atomic E-state index is -0.304. The molecule has 1 N–H and O–H groups in total. The Balaban J connectivity index is 2.05. The summed E-state index contributed by atoms with van der Waals surface area (Å²) in [6, 6.07) is 10.5. The van der Waals surface area contributed by atoms with Crippen molar-refractivity contribution in [1.82, 2.24) is 5.43 Å². The number of hydrazone groups is 1. The van der Waals surface area contributed by atoms with E-state index in [9.17, 15) is 4.79 Å². The molecule has 0 heterocycles. The molecule has 2 aromatic carbocycles. The van der Waals surface area contributed by atoms with Gasteiger partial charge in [-0.25, -0.2) is 5.43 Å². The van der Waals surface area contributed by atoms with Gasteiger partial charge in [0.1, 0.15) is 12.4 Å². The third-order valence-electron chi connectivity index (χ3n) is 3.40. The van der Waals surface area contributed by atoms with Gasteiger partial charge in [-0.2, -0.15) is 5.10 Å². The van der Waals surface area contributed by atoms with Crippen LogP contribution in [0.4, 0.5) is 0 Å². The molecule has 27 heavy (non-hydrogen) atoms. The van der Waals surface area contributed by atoms with E-state index in [4.69, 9.17) is 14.2 Å². The normalized spacial score (nSPS) is 10.5. The summed E-state index contributed by atoms with van der Waals surface area (Å²) in [6.45, 7) is 6.51. The monoisotopic (exact) mass is 480 g/mol. The third-order valence-corrected chi connectivity index (χ3v) is 4.21. The fraction of sp³-hybridized carbons (Fsp3) is 0.200. The maximum Gasteiger partial charge on any atom is 0.271 e. The summed E-state index contributed by atoms with van der Waals surface area (Å²) in [5, 5.41) is 4.01. The smallest absolute Gasteiger partial charge is 0.271 e. The van der Waals surface area contributed by atoms with Crippen LogP contribution in [0.3, 0.4) is 0 Å². The first-order chi connectivity index (χ1) is 13.1. The summed E-state index contributed by atoms with van der Waals surface area (Å²) in [6.07, 6.45) is 3.22. The first-order valence-electron chi connectivity index (χ1n) is 8.26. The summed E-state index contributed by atoms with van der Waals surface area (Å²) in [4.78, 5) is 12.1. The zero-order chi connectivity index (χ0) is 19.6. The van der Waals surface area contributed by atoms with Gasteiger partial charge in [-0.3, -0.25) is 4.79 Å². The van der Waals surface area contributed by atoms with Crippen molar-refractivity contribution in [2.75, 3.05) is 20.3 Å². The van der Waals surface area contributed by atoms with Crippen LogP contribution in [0.15, 0.2) is 54.2 Å². The molecule has 142 valence electrons. The van der Waals surface area contributed by atoms with Crippen LogP contribution in [0.5, 0.6) is 17.2 Å². The van der Waals surface area contributed by atoms with Crippen LogP contribution in [0.2, 0.25) is 0 Å². The lowest BCUT2D eigenvalue weighted by molar-refractivity contribution is 0.0955. The average molecular weight is 480 g/mol. The average Bonchev–Trinajstić information content (AvgIpc) is 2.67. The van der Waals surface area contributed by atoms with Crippen molar-refractivity contribution in [2.45, 2.75) is 6.92 Å². The first-order valence-corrected chi connectivity index (χ1v) is 9.34. The number of benzene rings is 2. The Kier molecular flexibility index (Phi) is 8.12. The van der Waals surface area contributed by atoms with Gasteiger partial charge < -0.3 is 14.2 Å². The Labute approximate surface area is 172 Å². The fourth-order valence-corrected chi connectivity index (χ4v) is 2.98. The van der Waals surface area contributed by atoms with E-state index < -0.39 is 0 Å². The second-order valence-corrected chi connectivity index (χ2v) is 6.45. The van der Waals surface area contributed by atoms with Crippen LogP contribution in [-0.4, -0.2) is 32.4 Å². The quantitative estimate of drug-likeness (QED) is 0.255. The standard InChI is InChI=1S/C20H21IN2O4/c1-4-10-27-19-17(21)11-14(12-18(19)25-3)13-22-23-20(24)15-6-8-16(9-7-15)26-5-2/h4,6-9,11-13H,1,5,10H2,2-3H3,(H,23,24)/b22-13-. The van der Waals surface area contributed by atoms with E-state index >= 15 is 0 Å². The van der Waals surface area contributed by atoms with Crippen LogP contribution >= 0.6 is 22.6 Å². The lowest BCUT2D eigenvalue weighted by Crippen LogP contribution is -2.17. The predicted molar refractivity (Wildman–Crippen MR) is 114 cm³/mol. The van der Waals surface area contributed by atoms with Gasteiger partial charge in [0.15, 0.2) is 11.5 Å². The summed E-state index contributed by atoms with van der Waals surface area (Å²) in [5.74, 6) is 1.65. The van der Waals surface area contributed by atoms with Gasteiger partial charge in [-0.05, 0) is 71.5 Å². The van der Waals surface area contributed by atoms with E-state index in [1.165, 1.54) is 0 Å². The number of rotatable bonds is 9. The molecule has 0 aromatic heterocycles. The molecule has 2 aromatic rings. The fourth-order valence-electron chi connectivity index (χ4n) is 2.20. The van der Waals surface area contributed by atoms with Crippen molar-refractivity contribution in [2.24, 2.45) is 5.10 Å². The minimum Gasteiger partial charge on any atom is -0.494 e. The van der Waals surface area contributed by atoms with Crippen molar-refractivity contribution < 1.29 is 19.0 Å². The van der Waals surface area contributed by atoms with Crippen LogP contribution in [0.1, 0.15) is 22.8 Å². The molecule has 0 bridgehead atoms. The molecule has 0 unspecified atom stereocenters. The zero-order valence-corrected chi connectivity index (χ0v) is 17.4. The van der Waals surface area contributed by atoms with Gasteiger partial charge in [0.2, 0.25) is 0 Å². The number of nitrogens with one attached hydrogen (secondary N) is 1. The maximum atomic E-state index is 12.1. The number of halogens is 1. The predicted octanol–water partition coefficient (Wildman–Crippen LogP) is 4.03. The molecular weight excluding hydrogens is 459 g/mol. The Morgan fingerprint density at radius 1 is 1.26 bits per heavy atom. The third kappa shape index (κ3) is 5.99. The molecule has 7 heteroatoms. The number of methoxy groups -OCH3 is 1. The van der Waals surface area contributed by atoms with E-state index in [1.807, 2.05) is 13.0 Å². The molecule has 0 aliphatic rings. The van der Waals surface area contributed by atoms with Gasteiger partial charge in [0.05, 0.1) is 23.5 Å². The summed E-state index contributed by atoms with van der Waals surface area (Å²) < 4.78 is 17.2. The van der Waals surface area contributed by atoms with Crippen LogP contribution in [-0.2, 0) is 0 Å². The Hall–Kier alpha value is -2.55. The van der Waals surface area contributed by atoms with E-state index in [0.29, 0.717) is 30.3 Å². The van der Waals surface area contributed by atoms with Crippen LogP contribution in [0, 0.1) is 3.57 Å². The molecule has 2 rings (SSSR count). The summed E-state index contributed by atoms with van der Waals surface area (Å²) in [5.41, 5.74) is 3.78. The number of hydrogen-bond acceptors (Lipinski definition) is 5. The highest BCUT2D eigenvalue weighted by Crippen LogP contribution is 2.33. The SMILES string of the molecule is C=CCOc1c(I)cc(/C=N\NC(=O)c2ccc(OCC)cc2)cc1OC. The van der Waals surface area contributed by atoms with Gasteiger partial charge >= 0.3 is 0 Å². The zero-order valence-electron chi connectivity index (χ0n) is 15.2. The van der Waals surface area contributed by atoms with Crippen molar-refractivity contribution in [1.29, 1.82) is 0 Å². The topological polar surface area (TPSA) is 69.2 Å². The second kappa shape index (κ2) is 10.6. The number of nitrogens with zero attached hydrogens (tertiary/aromatic N) is 1. The van der Waals surface area contributed by atoms with E-state index in [2.05, 4.69) is 39.7 Å². The Morgan fingerprint density at radius 2 is 2.00 bits per heavy atom. The van der Waals surface area contributed by atoms with Crippen molar-refractivity contribution in [3.63, 3.8) is 0 Å². The Morgan fingerprint density at radius 3 is 2.63 bits per heavy atom. The number of hydrogen-bond donors (Lipinski definition) is 1. The summed E-state index contributed by atoms with van der Waals surface area (Å²) in [7, 11) is 1.57. The molecule has 0 fully saturated rings. The molecule has 0 aliphatic heterocycles. The first kappa shape index (κ1) is 20.8. The lowest BCUT2D eigenvalue weighted by atomic mass is 10.2. The molecule has 0 saturated carbocycles. The highest BCUT2D eigenvalue weighted by molar-refractivity contribution is 14.1. The number of amides is 1. The van der Waals surface area contributed by atoms with E-state index in [0.717, 1.165) is 14.9 Å². The van der Waals surface area contributed by atoms with Crippen molar-refractivity contribution in [3.05, 3.63) is 63.8 Å². The van der Waals surface area contributed by atoms with Gasteiger partial charge in [0.25, 0.3) is 5.91 Å². The number of ether oxygens (including phenoxy) is 3. The Bertz CT molecular complexity index is 819. The highest BCUT2D eigenvalue weighted by atomic mass is 127. The molecule has 6 nitrogen and oxygen atoms in total. The largest absolute Gasteiger partial charge is 0.494 e. The van der Waals surface area contributed by atoms with Crippen LogP contribution in [0.25, 0.3) is 0 Å². The molecule has 0 atom stereocenters. The van der Waals surface area contributed by atoms with E-state index in [1.54, 1.807) is 49.7 Å². The number of carbonyl (C=O) groups excluding carboxylic acids is 1. The van der Waals surface area contributed by atoms with Gasteiger partial charge in [-0.15, -0.1) is 0 Å². The second-order valence-electron chi connectivity index (χ2n) is 5.29. The minimum absolute atomic E-state index is 0.304. The van der Waals surface area contributed by atoms with Crippen LogP contribution < -0.4 is 19.6 Å². The molecular formula is C20H21IN2O4. The summed E-state index contributed by atoms with van der Waals surface area (Å²) >= 11 is 2.16. The number of carbonyl (C=O) groups is 1. The molecule has 0 saturated heterocycles. The molecule has 1 amide bonds. The molecule has 0 aliphatic carbocycles. The van der Waals surface area contributed by atoms with Crippen molar-refractivity contribution in [3.8, 4) is 17.2 Å².